The van der Waals surface area contributed by atoms with Crippen LogP contribution in [0.3, 0.4) is 0 Å². The van der Waals surface area contributed by atoms with Crippen LogP contribution >= 0.6 is 0 Å². The van der Waals surface area contributed by atoms with E-state index in [9.17, 15) is 19.5 Å². The molecule has 0 spiro atoms. The molecule has 6 heteroatoms. The van der Waals surface area contributed by atoms with Crippen LogP contribution in [0.4, 0.5) is 0 Å². The van der Waals surface area contributed by atoms with Gasteiger partial charge in [-0.15, -0.1) is 0 Å². The van der Waals surface area contributed by atoms with Crippen LogP contribution in [0.25, 0.3) is 0 Å². The number of likely N-dealkylation sites (tertiary alicyclic amines) is 2. The maximum Gasteiger partial charge on any atom is 0.308 e. The largest absolute Gasteiger partial charge is 0.481 e. The molecular formula is C21H26N2O4. The van der Waals surface area contributed by atoms with Crippen LogP contribution in [0.1, 0.15) is 43.6 Å². The Morgan fingerprint density at radius 2 is 1.70 bits per heavy atom. The standard InChI is InChI=1S/C21H26N2O4/c24-19-10-15(11-23(19)16-8-4-5-9-16)20(25)22-12-17(18(13-22)21(26)27)14-6-2-1-3-7-14/h1-3,6-7,15-18H,4-5,8-13H2,(H,26,27). The van der Waals surface area contributed by atoms with Crippen molar-refractivity contribution in [1.29, 1.82) is 0 Å². The number of nitrogens with zero attached hydrogens (tertiary/aromatic N) is 2. The maximum absolute atomic E-state index is 13.1. The zero-order valence-corrected chi connectivity index (χ0v) is 15.4. The average Bonchev–Trinajstić information content (AvgIpc) is 3.41. The lowest BCUT2D eigenvalue weighted by Crippen LogP contribution is -2.38. The number of carboxylic acid groups (broad SMARTS) is 1. The molecule has 3 unspecified atom stereocenters. The first-order chi connectivity index (χ1) is 13.0. The summed E-state index contributed by atoms with van der Waals surface area (Å²) in [5.41, 5.74) is 0.954. The molecule has 1 aliphatic carbocycles. The molecule has 0 radical (unpaired) electrons. The van der Waals surface area contributed by atoms with Gasteiger partial charge in [-0.25, -0.2) is 0 Å². The SMILES string of the molecule is O=C(O)C1CN(C(=O)C2CC(=O)N(C3CCCC3)C2)CC1c1ccccc1. The molecular weight excluding hydrogens is 344 g/mol. The van der Waals surface area contributed by atoms with E-state index < -0.39 is 11.9 Å². The predicted molar refractivity (Wildman–Crippen MR) is 99.0 cm³/mol. The van der Waals surface area contributed by atoms with Gasteiger partial charge in [0.2, 0.25) is 11.8 Å². The normalized spacial score (nSPS) is 28.9. The van der Waals surface area contributed by atoms with Gasteiger partial charge in [0.05, 0.1) is 11.8 Å². The summed E-state index contributed by atoms with van der Waals surface area (Å²) in [4.78, 5) is 40.8. The Labute approximate surface area is 159 Å². The lowest BCUT2D eigenvalue weighted by Gasteiger charge is -2.25. The first kappa shape index (κ1) is 18.0. The van der Waals surface area contributed by atoms with Crippen molar-refractivity contribution in [3.05, 3.63) is 35.9 Å². The van der Waals surface area contributed by atoms with E-state index in [1.807, 2.05) is 35.2 Å². The van der Waals surface area contributed by atoms with Crippen molar-refractivity contribution in [3.8, 4) is 0 Å². The molecule has 3 fully saturated rings. The van der Waals surface area contributed by atoms with Crippen molar-refractivity contribution in [2.24, 2.45) is 11.8 Å². The van der Waals surface area contributed by atoms with Gasteiger partial charge in [0.15, 0.2) is 0 Å². The Balaban J connectivity index is 1.46. The van der Waals surface area contributed by atoms with Crippen molar-refractivity contribution < 1.29 is 19.5 Å². The number of carbonyl (C=O) groups is 3. The van der Waals surface area contributed by atoms with Crippen molar-refractivity contribution in [1.82, 2.24) is 9.80 Å². The van der Waals surface area contributed by atoms with Crippen LogP contribution in [0.2, 0.25) is 0 Å². The quantitative estimate of drug-likeness (QED) is 0.880. The van der Waals surface area contributed by atoms with Crippen molar-refractivity contribution in [2.45, 2.75) is 44.1 Å². The zero-order chi connectivity index (χ0) is 19.0. The van der Waals surface area contributed by atoms with Crippen LogP contribution in [-0.4, -0.2) is 58.4 Å². The third kappa shape index (κ3) is 3.45. The molecule has 2 saturated heterocycles. The van der Waals surface area contributed by atoms with Gasteiger partial charge in [-0.1, -0.05) is 43.2 Å². The van der Waals surface area contributed by atoms with Gasteiger partial charge in [-0.2, -0.15) is 0 Å². The zero-order valence-electron chi connectivity index (χ0n) is 15.4. The number of hydrogen-bond donors (Lipinski definition) is 1. The van der Waals surface area contributed by atoms with Crippen molar-refractivity contribution in [3.63, 3.8) is 0 Å². The molecule has 2 amide bonds. The molecule has 3 aliphatic rings. The molecule has 2 aliphatic heterocycles. The van der Waals surface area contributed by atoms with E-state index in [0.29, 0.717) is 13.1 Å². The van der Waals surface area contributed by atoms with Crippen molar-refractivity contribution in [2.75, 3.05) is 19.6 Å². The fourth-order valence-electron chi connectivity index (χ4n) is 5.00. The minimum atomic E-state index is -0.866. The van der Waals surface area contributed by atoms with Gasteiger partial charge in [-0.3, -0.25) is 14.4 Å². The number of aliphatic carboxylic acids is 1. The summed E-state index contributed by atoms with van der Waals surface area (Å²) in [6.45, 7) is 1.13. The number of carbonyl (C=O) groups excluding carboxylic acids is 2. The molecule has 0 aromatic heterocycles. The summed E-state index contributed by atoms with van der Waals surface area (Å²) in [7, 11) is 0. The Kier molecular flexibility index (Phi) is 4.89. The lowest BCUT2D eigenvalue weighted by molar-refractivity contribution is -0.142. The lowest BCUT2D eigenvalue weighted by atomic mass is 9.89. The topological polar surface area (TPSA) is 77.9 Å². The second kappa shape index (κ2) is 7.33. The second-order valence-corrected chi connectivity index (χ2v) is 8.09. The molecule has 1 aromatic rings. The molecule has 1 aromatic carbocycles. The minimum Gasteiger partial charge on any atom is -0.481 e. The van der Waals surface area contributed by atoms with Gasteiger partial charge >= 0.3 is 5.97 Å². The highest BCUT2D eigenvalue weighted by atomic mass is 16.4. The monoisotopic (exact) mass is 370 g/mol. The molecule has 2 heterocycles. The first-order valence-electron chi connectivity index (χ1n) is 9.90. The molecule has 3 atom stereocenters. The van der Waals surface area contributed by atoms with Gasteiger partial charge in [0, 0.05) is 38.0 Å². The Bertz CT molecular complexity index is 729. The minimum absolute atomic E-state index is 0.0615. The maximum atomic E-state index is 13.1. The van der Waals surface area contributed by atoms with E-state index in [-0.39, 0.29) is 42.7 Å². The number of hydrogen-bond acceptors (Lipinski definition) is 3. The van der Waals surface area contributed by atoms with E-state index in [1.54, 1.807) is 4.90 Å². The van der Waals surface area contributed by atoms with Gasteiger partial charge in [0.1, 0.15) is 0 Å². The van der Waals surface area contributed by atoms with Gasteiger partial charge in [0.25, 0.3) is 0 Å². The molecule has 6 nitrogen and oxygen atoms in total. The van der Waals surface area contributed by atoms with E-state index in [2.05, 4.69) is 0 Å². The van der Waals surface area contributed by atoms with Crippen LogP contribution in [0, 0.1) is 11.8 Å². The van der Waals surface area contributed by atoms with Gasteiger partial charge < -0.3 is 14.9 Å². The number of rotatable bonds is 4. The molecule has 1 saturated carbocycles. The summed E-state index contributed by atoms with van der Waals surface area (Å²) < 4.78 is 0. The molecule has 27 heavy (non-hydrogen) atoms. The fraction of sp³-hybridized carbons (Fsp3) is 0.571. The van der Waals surface area contributed by atoms with Crippen LogP contribution in [-0.2, 0) is 14.4 Å². The highest BCUT2D eigenvalue weighted by molar-refractivity contribution is 5.90. The number of carboxylic acids is 1. The third-order valence-corrected chi connectivity index (χ3v) is 6.45. The molecule has 144 valence electrons. The third-order valence-electron chi connectivity index (χ3n) is 6.45. The summed E-state index contributed by atoms with van der Waals surface area (Å²) >= 11 is 0. The molecule has 0 bridgehead atoms. The fourth-order valence-corrected chi connectivity index (χ4v) is 5.00. The average molecular weight is 370 g/mol. The summed E-state index contributed by atoms with van der Waals surface area (Å²) in [5.74, 6) is -1.98. The van der Waals surface area contributed by atoms with Crippen LogP contribution in [0.15, 0.2) is 30.3 Å². The van der Waals surface area contributed by atoms with E-state index in [4.69, 9.17) is 0 Å². The van der Waals surface area contributed by atoms with Crippen molar-refractivity contribution >= 4 is 17.8 Å². The van der Waals surface area contributed by atoms with E-state index in [1.165, 1.54) is 0 Å². The highest BCUT2D eigenvalue weighted by Gasteiger charge is 2.45. The Morgan fingerprint density at radius 1 is 1.00 bits per heavy atom. The summed E-state index contributed by atoms with van der Waals surface area (Å²) in [6, 6.07) is 9.84. The Morgan fingerprint density at radius 3 is 2.37 bits per heavy atom. The van der Waals surface area contributed by atoms with Crippen LogP contribution in [0.5, 0.6) is 0 Å². The van der Waals surface area contributed by atoms with E-state index >= 15 is 0 Å². The highest BCUT2D eigenvalue weighted by Crippen LogP contribution is 2.35. The smallest absolute Gasteiger partial charge is 0.308 e. The number of benzene rings is 1. The molecule has 1 N–H and O–H groups in total. The second-order valence-electron chi connectivity index (χ2n) is 8.09. The predicted octanol–water partition coefficient (Wildman–Crippen LogP) is 2.10. The number of amides is 2. The van der Waals surface area contributed by atoms with Crippen LogP contribution < -0.4 is 0 Å². The van der Waals surface area contributed by atoms with Gasteiger partial charge in [-0.05, 0) is 18.4 Å². The first-order valence-corrected chi connectivity index (χ1v) is 9.90. The Hall–Kier alpha value is -2.37. The summed E-state index contributed by atoms with van der Waals surface area (Å²) in [6.07, 6.45) is 4.64. The molecule has 4 rings (SSSR count). The van der Waals surface area contributed by atoms with E-state index in [0.717, 1.165) is 31.2 Å². The summed E-state index contributed by atoms with van der Waals surface area (Å²) in [5, 5.41) is 9.64.